The van der Waals surface area contributed by atoms with E-state index in [-0.39, 0.29) is 5.84 Å². The Morgan fingerprint density at radius 2 is 1.93 bits per heavy atom. The molecule has 0 atom stereocenters. The third-order valence-electron chi connectivity index (χ3n) is 4.71. The highest BCUT2D eigenvalue weighted by atomic mass is 16.5. The van der Waals surface area contributed by atoms with Crippen molar-refractivity contribution in [3.8, 4) is 17.0 Å². The highest BCUT2D eigenvalue weighted by molar-refractivity contribution is 6.08. The van der Waals surface area contributed by atoms with E-state index in [1.54, 1.807) is 18.0 Å². The molecular formula is C20H20N6O. The molecule has 0 saturated carbocycles. The lowest BCUT2D eigenvalue weighted by atomic mass is 10.0. The fourth-order valence-corrected chi connectivity index (χ4v) is 3.44. The average molecular weight is 360 g/mol. The first-order chi connectivity index (χ1) is 13.1. The molecule has 7 heteroatoms. The van der Waals surface area contributed by atoms with Crippen LogP contribution in [0.5, 0.6) is 5.75 Å². The maximum atomic E-state index is 7.75. The molecule has 1 aliphatic rings. The van der Waals surface area contributed by atoms with E-state index >= 15 is 0 Å². The van der Waals surface area contributed by atoms with Crippen LogP contribution in [0.4, 0.5) is 5.95 Å². The summed E-state index contributed by atoms with van der Waals surface area (Å²) in [5.41, 5.74) is 17.1. The van der Waals surface area contributed by atoms with Crippen molar-refractivity contribution in [2.24, 2.45) is 10.8 Å². The predicted octanol–water partition coefficient (Wildman–Crippen LogP) is 2.62. The molecule has 3 aromatic rings. The number of para-hydroxylation sites is 1. The number of ether oxygens (including phenoxy) is 1. The first kappa shape index (κ1) is 16.8. The molecule has 7 nitrogen and oxygen atoms in total. The normalized spacial score (nSPS) is 14.3. The molecule has 5 N–H and O–H groups in total. The number of hydrogen-bond acceptors (Lipinski definition) is 5. The number of benzene rings is 2. The first-order valence-corrected chi connectivity index (χ1v) is 8.61. The topological polar surface area (TPSA) is 115 Å². The summed E-state index contributed by atoms with van der Waals surface area (Å²) in [7, 11) is 1.63. The van der Waals surface area contributed by atoms with Gasteiger partial charge in [-0.05, 0) is 30.5 Å². The van der Waals surface area contributed by atoms with Gasteiger partial charge in [0.15, 0.2) is 0 Å². The third kappa shape index (κ3) is 2.93. The summed E-state index contributed by atoms with van der Waals surface area (Å²) in [6, 6.07) is 13.4. The zero-order valence-electron chi connectivity index (χ0n) is 14.9. The minimum Gasteiger partial charge on any atom is -0.496 e. The van der Waals surface area contributed by atoms with E-state index in [0.717, 1.165) is 46.6 Å². The van der Waals surface area contributed by atoms with Gasteiger partial charge in [0.2, 0.25) is 5.95 Å². The standard InChI is InChI=1S/C20H20N6O/c1-27-18-8-3-2-5-15(18)17-11-26(20(23)24-17)25-16-10-9-12-13(16)6-4-7-14(12)19(21)22/h2-8,11H,9-10H2,1H3,(H3,21,22)(H2,23,24). The van der Waals surface area contributed by atoms with Crippen LogP contribution in [0.2, 0.25) is 0 Å². The van der Waals surface area contributed by atoms with Gasteiger partial charge in [0.25, 0.3) is 0 Å². The summed E-state index contributed by atoms with van der Waals surface area (Å²) in [5, 5.41) is 12.4. The van der Waals surface area contributed by atoms with Gasteiger partial charge in [-0.25, -0.2) is 9.66 Å². The van der Waals surface area contributed by atoms with Gasteiger partial charge in [0.05, 0.1) is 24.7 Å². The van der Waals surface area contributed by atoms with Crippen LogP contribution in [-0.4, -0.2) is 28.3 Å². The molecule has 0 saturated heterocycles. The second-order valence-electron chi connectivity index (χ2n) is 6.32. The smallest absolute Gasteiger partial charge is 0.221 e. The van der Waals surface area contributed by atoms with E-state index in [1.807, 2.05) is 42.5 Å². The van der Waals surface area contributed by atoms with E-state index in [1.165, 1.54) is 0 Å². The molecule has 0 fully saturated rings. The van der Waals surface area contributed by atoms with Crippen LogP contribution in [0, 0.1) is 5.41 Å². The Hall–Kier alpha value is -3.61. The number of aromatic nitrogens is 2. The number of amidine groups is 1. The van der Waals surface area contributed by atoms with Gasteiger partial charge in [-0.3, -0.25) is 5.41 Å². The number of methoxy groups -OCH3 is 1. The zero-order chi connectivity index (χ0) is 19.0. The van der Waals surface area contributed by atoms with Crippen molar-refractivity contribution < 1.29 is 4.74 Å². The number of anilines is 1. The van der Waals surface area contributed by atoms with Crippen molar-refractivity contribution in [1.29, 1.82) is 5.41 Å². The van der Waals surface area contributed by atoms with E-state index in [9.17, 15) is 0 Å². The SMILES string of the molecule is COc1ccccc1-c1cn(N=C2CCc3c(C(=N)N)cccc32)c(N)n1. The summed E-state index contributed by atoms with van der Waals surface area (Å²) < 4.78 is 7.00. The average Bonchev–Trinajstić information content (AvgIpc) is 3.25. The van der Waals surface area contributed by atoms with Crippen LogP contribution in [0.1, 0.15) is 23.1 Å². The van der Waals surface area contributed by atoms with Gasteiger partial charge in [-0.2, -0.15) is 5.10 Å². The summed E-state index contributed by atoms with van der Waals surface area (Å²) >= 11 is 0. The summed E-state index contributed by atoms with van der Waals surface area (Å²) in [6.07, 6.45) is 3.37. The van der Waals surface area contributed by atoms with Gasteiger partial charge < -0.3 is 16.2 Å². The van der Waals surface area contributed by atoms with Gasteiger partial charge in [0.1, 0.15) is 11.6 Å². The minimum atomic E-state index is 0.0775. The quantitative estimate of drug-likeness (QED) is 0.490. The van der Waals surface area contributed by atoms with E-state index in [0.29, 0.717) is 11.6 Å². The van der Waals surface area contributed by atoms with Crippen LogP contribution in [0.25, 0.3) is 11.3 Å². The summed E-state index contributed by atoms with van der Waals surface area (Å²) in [5.74, 6) is 1.11. The fraction of sp³-hybridized carbons (Fsp3) is 0.150. The van der Waals surface area contributed by atoms with Crippen LogP contribution < -0.4 is 16.2 Å². The molecule has 0 unspecified atom stereocenters. The molecule has 1 aliphatic carbocycles. The van der Waals surface area contributed by atoms with Gasteiger partial charge in [-0.15, -0.1) is 0 Å². The van der Waals surface area contributed by atoms with Gasteiger partial charge in [0, 0.05) is 16.7 Å². The Balaban J connectivity index is 1.75. The van der Waals surface area contributed by atoms with E-state index < -0.39 is 0 Å². The molecule has 0 radical (unpaired) electrons. The van der Waals surface area contributed by atoms with Gasteiger partial charge in [-0.1, -0.05) is 30.3 Å². The molecule has 27 heavy (non-hydrogen) atoms. The molecule has 1 aromatic heterocycles. The number of nitrogen functional groups attached to an aromatic ring is 2. The Kier molecular flexibility index (Phi) is 4.12. The van der Waals surface area contributed by atoms with Crippen LogP contribution in [0.3, 0.4) is 0 Å². The van der Waals surface area contributed by atoms with Crippen LogP contribution >= 0.6 is 0 Å². The number of nitrogens with zero attached hydrogens (tertiary/aromatic N) is 3. The Morgan fingerprint density at radius 1 is 1.15 bits per heavy atom. The van der Waals surface area contributed by atoms with Crippen LogP contribution in [-0.2, 0) is 6.42 Å². The lowest BCUT2D eigenvalue weighted by molar-refractivity contribution is 0.416. The highest BCUT2D eigenvalue weighted by Gasteiger charge is 2.22. The third-order valence-corrected chi connectivity index (χ3v) is 4.71. The second kappa shape index (κ2) is 6.60. The number of hydrogen-bond donors (Lipinski definition) is 3. The number of fused-ring (bicyclic) bond motifs is 1. The Labute approximate surface area is 156 Å². The fourth-order valence-electron chi connectivity index (χ4n) is 3.44. The molecule has 4 rings (SSSR count). The van der Waals surface area contributed by atoms with Crippen molar-refractivity contribution in [2.45, 2.75) is 12.8 Å². The lowest BCUT2D eigenvalue weighted by Crippen LogP contribution is -2.13. The van der Waals surface area contributed by atoms with E-state index in [4.69, 9.17) is 26.7 Å². The molecule has 0 bridgehead atoms. The maximum absolute atomic E-state index is 7.75. The number of nitrogens with one attached hydrogen (secondary N) is 1. The summed E-state index contributed by atoms with van der Waals surface area (Å²) in [4.78, 5) is 4.43. The minimum absolute atomic E-state index is 0.0775. The second-order valence-corrected chi connectivity index (χ2v) is 6.32. The molecule has 0 amide bonds. The van der Waals surface area contributed by atoms with Crippen molar-refractivity contribution in [3.05, 3.63) is 65.4 Å². The van der Waals surface area contributed by atoms with E-state index in [2.05, 4.69) is 4.98 Å². The number of nitrogens with two attached hydrogens (primary N) is 2. The Bertz CT molecular complexity index is 1070. The van der Waals surface area contributed by atoms with Crippen LogP contribution in [0.15, 0.2) is 53.8 Å². The predicted molar refractivity (Wildman–Crippen MR) is 106 cm³/mol. The summed E-state index contributed by atoms with van der Waals surface area (Å²) in [6.45, 7) is 0. The van der Waals surface area contributed by atoms with Crippen molar-refractivity contribution in [3.63, 3.8) is 0 Å². The lowest BCUT2D eigenvalue weighted by Gasteiger charge is -2.06. The molecule has 2 aromatic carbocycles. The molecule has 136 valence electrons. The van der Waals surface area contributed by atoms with Crippen molar-refractivity contribution in [1.82, 2.24) is 9.66 Å². The monoisotopic (exact) mass is 360 g/mol. The number of rotatable bonds is 4. The molecule has 0 spiro atoms. The molecule has 1 heterocycles. The zero-order valence-corrected chi connectivity index (χ0v) is 14.9. The van der Waals surface area contributed by atoms with Crippen molar-refractivity contribution in [2.75, 3.05) is 12.8 Å². The Morgan fingerprint density at radius 3 is 2.70 bits per heavy atom. The molecule has 0 aliphatic heterocycles. The van der Waals surface area contributed by atoms with Gasteiger partial charge >= 0.3 is 0 Å². The molecular weight excluding hydrogens is 340 g/mol. The van der Waals surface area contributed by atoms with Crippen molar-refractivity contribution >= 4 is 17.5 Å². The highest BCUT2D eigenvalue weighted by Crippen LogP contribution is 2.30. The first-order valence-electron chi connectivity index (χ1n) is 8.61. The maximum Gasteiger partial charge on any atom is 0.221 e. The largest absolute Gasteiger partial charge is 0.496 e. The number of imidazole rings is 1.